The van der Waals surface area contributed by atoms with Gasteiger partial charge in [-0.2, -0.15) is 0 Å². The molecule has 0 bridgehead atoms. The van der Waals surface area contributed by atoms with Gasteiger partial charge < -0.3 is 10.6 Å². The normalized spacial score (nSPS) is 12.2. The lowest BCUT2D eigenvalue weighted by Crippen LogP contribution is -2.30. The van der Waals surface area contributed by atoms with Crippen LogP contribution in [0.5, 0.6) is 0 Å². The second kappa shape index (κ2) is 6.62. The molecule has 2 rings (SSSR count). The molecule has 6 nitrogen and oxygen atoms in total. The summed E-state index contributed by atoms with van der Waals surface area (Å²) in [6, 6.07) is 9.35. The molecule has 0 aliphatic rings. The van der Waals surface area contributed by atoms with E-state index in [0.717, 1.165) is 11.4 Å². The van der Waals surface area contributed by atoms with E-state index in [0.29, 0.717) is 12.2 Å². The van der Waals surface area contributed by atoms with Gasteiger partial charge in [0.15, 0.2) is 0 Å². The first-order valence-electron chi connectivity index (χ1n) is 7.26. The SMILES string of the molecule is CNCC(C)C(=O)Nc1c(C)n(C)n(-c2ccccc2)c1=O. The minimum atomic E-state index is -0.226. The summed E-state index contributed by atoms with van der Waals surface area (Å²) >= 11 is 0. The topological polar surface area (TPSA) is 68.1 Å². The lowest BCUT2D eigenvalue weighted by Gasteiger charge is -2.10. The van der Waals surface area contributed by atoms with Crippen LogP contribution in [-0.2, 0) is 11.8 Å². The lowest BCUT2D eigenvalue weighted by atomic mass is 10.1. The van der Waals surface area contributed by atoms with Gasteiger partial charge in [0, 0.05) is 19.5 Å². The van der Waals surface area contributed by atoms with Gasteiger partial charge in [-0.25, -0.2) is 4.68 Å². The zero-order valence-corrected chi connectivity index (χ0v) is 13.4. The number of benzene rings is 1. The summed E-state index contributed by atoms with van der Waals surface area (Å²) in [4.78, 5) is 24.8. The van der Waals surface area contributed by atoms with E-state index in [1.807, 2.05) is 44.2 Å². The molecule has 22 heavy (non-hydrogen) atoms. The fourth-order valence-corrected chi connectivity index (χ4v) is 2.36. The third-order valence-electron chi connectivity index (χ3n) is 3.76. The van der Waals surface area contributed by atoms with Crippen molar-refractivity contribution in [1.82, 2.24) is 14.7 Å². The summed E-state index contributed by atoms with van der Waals surface area (Å²) in [7, 11) is 3.59. The second-order valence-electron chi connectivity index (χ2n) is 5.38. The largest absolute Gasteiger partial charge is 0.320 e. The smallest absolute Gasteiger partial charge is 0.295 e. The summed E-state index contributed by atoms with van der Waals surface area (Å²) < 4.78 is 3.30. The van der Waals surface area contributed by atoms with E-state index in [-0.39, 0.29) is 17.4 Å². The van der Waals surface area contributed by atoms with Crippen molar-refractivity contribution < 1.29 is 4.79 Å². The molecule has 0 saturated heterocycles. The molecule has 0 fully saturated rings. The molecule has 0 spiro atoms. The molecule has 0 aliphatic heterocycles. The van der Waals surface area contributed by atoms with Crippen molar-refractivity contribution in [1.29, 1.82) is 0 Å². The van der Waals surface area contributed by atoms with Crippen LogP contribution in [0.15, 0.2) is 35.1 Å². The number of nitrogens with zero attached hydrogens (tertiary/aromatic N) is 2. The first-order chi connectivity index (χ1) is 10.5. The highest BCUT2D eigenvalue weighted by molar-refractivity contribution is 5.92. The molecule has 118 valence electrons. The van der Waals surface area contributed by atoms with Gasteiger partial charge in [0.2, 0.25) is 5.91 Å². The first-order valence-corrected chi connectivity index (χ1v) is 7.26. The average molecular weight is 302 g/mol. The maximum absolute atomic E-state index is 12.6. The van der Waals surface area contributed by atoms with Crippen LogP contribution < -0.4 is 16.2 Å². The standard InChI is InChI=1S/C16H22N4O2/c1-11(10-17-3)15(21)18-14-12(2)19(4)20(16(14)22)13-8-6-5-7-9-13/h5-9,11,17H,10H2,1-4H3,(H,18,21). The molecule has 6 heteroatoms. The van der Waals surface area contributed by atoms with E-state index < -0.39 is 0 Å². The molecule has 2 aromatic rings. The predicted octanol–water partition coefficient (Wildman–Crippen LogP) is 1.28. The van der Waals surface area contributed by atoms with Crippen molar-refractivity contribution in [3.63, 3.8) is 0 Å². The van der Waals surface area contributed by atoms with Gasteiger partial charge >= 0.3 is 0 Å². The molecule has 2 N–H and O–H groups in total. The highest BCUT2D eigenvalue weighted by atomic mass is 16.2. The van der Waals surface area contributed by atoms with Crippen molar-refractivity contribution in [2.75, 3.05) is 18.9 Å². The van der Waals surface area contributed by atoms with Crippen LogP contribution >= 0.6 is 0 Å². The van der Waals surface area contributed by atoms with Gasteiger partial charge in [-0.05, 0) is 26.1 Å². The molecule has 1 aromatic carbocycles. The van der Waals surface area contributed by atoms with E-state index in [4.69, 9.17) is 0 Å². The molecular formula is C16H22N4O2. The third-order valence-corrected chi connectivity index (χ3v) is 3.76. The lowest BCUT2D eigenvalue weighted by molar-refractivity contribution is -0.119. The van der Waals surface area contributed by atoms with Crippen molar-refractivity contribution >= 4 is 11.6 Å². The fourth-order valence-electron chi connectivity index (χ4n) is 2.36. The van der Waals surface area contributed by atoms with Crippen molar-refractivity contribution in [2.24, 2.45) is 13.0 Å². The van der Waals surface area contributed by atoms with E-state index >= 15 is 0 Å². The zero-order chi connectivity index (χ0) is 16.3. The first kappa shape index (κ1) is 16.0. The number of aromatic nitrogens is 2. The Labute approximate surface area is 129 Å². The highest BCUT2D eigenvalue weighted by Crippen LogP contribution is 2.14. The Bertz CT molecular complexity index is 716. The summed E-state index contributed by atoms with van der Waals surface area (Å²) in [5, 5.41) is 5.72. The number of hydrogen-bond donors (Lipinski definition) is 2. The molecule has 1 aromatic heterocycles. The molecule has 0 saturated carbocycles. The number of anilines is 1. The van der Waals surface area contributed by atoms with Gasteiger partial charge in [0.25, 0.3) is 5.56 Å². The van der Waals surface area contributed by atoms with Gasteiger partial charge in [0.05, 0.1) is 11.4 Å². The van der Waals surface area contributed by atoms with Crippen molar-refractivity contribution in [3.05, 3.63) is 46.4 Å². The van der Waals surface area contributed by atoms with Crippen LogP contribution in [0.2, 0.25) is 0 Å². The fraction of sp³-hybridized carbons (Fsp3) is 0.375. The van der Waals surface area contributed by atoms with E-state index in [9.17, 15) is 9.59 Å². The number of carbonyl (C=O) groups is 1. The number of rotatable bonds is 5. The number of hydrogen-bond acceptors (Lipinski definition) is 3. The van der Waals surface area contributed by atoms with Gasteiger partial charge in [-0.1, -0.05) is 25.1 Å². The molecule has 1 unspecified atom stereocenters. The van der Waals surface area contributed by atoms with Gasteiger partial charge in [-0.3, -0.25) is 14.3 Å². The quantitative estimate of drug-likeness (QED) is 0.874. The maximum atomic E-state index is 12.6. The number of nitrogens with one attached hydrogen (secondary N) is 2. The summed E-state index contributed by atoms with van der Waals surface area (Å²) in [6.45, 7) is 4.20. The molecular weight excluding hydrogens is 280 g/mol. The van der Waals surface area contributed by atoms with E-state index in [1.54, 1.807) is 23.5 Å². The molecule has 1 heterocycles. The Morgan fingerprint density at radius 1 is 1.27 bits per heavy atom. The molecule has 0 aliphatic carbocycles. The molecule has 1 atom stereocenters. The van der Waals surface area contributed by atoms with Crippen LogP contribution in [0, 0.1) is 12.8 Å². The second-order valence-corrected chi connectivity index (χ2v) is 5.38. The van der Waals surface area contributed by atoms with Crippen molar-refractivity contribution in [2.45, 2.75) is 13.8 Å². The predicted molar refractivity (Wildman–Crippen MR) is 87.5 cm³/mol. The minimum absolute atomic E-state index is 0.166. The van der Waals surface area contributed by atoms with Gasteiger partial charge in [0.1, 0.15) is 5.69 Å². The maximum Gasteiger partial charge on any atom is 0.295 e. The van der Waals surface area contributed by atoms with Crippen LogP contribution in [0.3, 0.4) is 0 Å². The Kier molecular flexibility index (Phi) is 4.82. The van der Waals surface area contributed by atoms with E-state index in [2.05, 4.69) is 10.6 Å². The average Bonchev–Trinajstić information content (AvgIpc) is 2.72. The Balaban J connectivity index is 2.39. The van der Waals surface area contributed by atoms with Crippen LogP contribution in [0.1, 0.15) is 12.6 Å². The molecule has 0 radical (unpaired) electrons. The third kappa shape index (κ3) is 2.96. The highest BCUT2D eigenvalue weighted by Gasteiger charge is 2.20. The summed E-state index contributed by atoms with van der Waals surface area (Å²) in [6.07, 6.45) is 0. The number of carbonyl (C=O) groups excluding carboxylic acids is 1. The van der Waals surface area contributed by atoms with Crippen LogP contribution in [0.4, 0.5) is 5.69 Å². The summed E-state index contributed by atoms with van der Waals surface area (Å²) in [5.74, 6) is -0.380. The zero-order valence-electron chi connectivity index (χ0n) is 13.4. The number of amides is 1. The Hall–Kier alpha value is -2.34. The van der Waals surface area contributed by atoms with Crippen LogP contribution in [0.25, 0.3) is 5.69 Å². The minimum Gasteiger partial charge on any atom is -0.320 e. The monoisotopic (exact) mass is 302 g/mol. The van der Waals surface area contributed by atoms with Gasteiger partial charge in [-0.15, -0.1) is 0 Å². The Morgan fingerprint density at radius 2 is 1.91 bits per heavy atom. The Morgan fingerprint density at radius 3 is 2.50 bits per heavy atom. The van der Waals surface area contributed by atoms with Crippen LogP contribution in [-0.4, -0.2) is 28.9 Å². The van der Waals surface area contributed by atoms with Crippen molar-refractivity contribution in [3.8, 4) is 5.69 Å². The molecule has 1 amide bonds. The summed E-state index contributed by atoms with van der Waals surface area (Å²) in [5.41, 5.74) is 1.59. The number of para-hydroxylation sites is 1. The van der Waals surface area contributed by atoms with E-state index in [1.165, 1.54) is 0 Å².